The van der Waals surface area contributed by atoms with Gasteiger partial charge in [-0.2, -0.15) is 13.2 Å². The van der Waals surface area contributed by atoms with Crippen LogP contribution in [0.2, 0.25) is 0 Å². The average Bonchev–Trinajstić information content (AvgIpc) is 2.96. The molecule has 5 nitrogen and oxygen atoms in total. The van der Waals surface area contributed by atoms with Gasteiger partial charge in [0.15, 0.2) is 0 Å². The Balaban J connectivity index is 2.13. The number of hydrazine groups is 1. The maximum absolute atomic E-state index is 12.7. The van der Waals surface area contributed by atoms with Gasteiger partial charge in [0.25, 0.3) is 5.91 Å². The van der Waals surface area contributed by atoms with Crippen molar-refractivity contribution in [3.63, 3.8) is 0 Å². The molecular formula is C13H16F3N3O2. The topological polar surface area (TPSA) is 76.4 Å². The zero-order chi connectivity index (χ0) is 15.5. The number of benzene rings is 1. The van der Waals surface area contributed by atoms with Crippen molar-refractivity contribution in [2.24, 2.45) is 11.8 Å². The number of anilines is 1. The average molecular weight is 303 g/mol. The number of ether oxygens (including phenoxy) is 1. The molecule has 1 unspecified atom stereocenters. The molecule has 0 bridgehead atoms. The predicted octanol–water partition coefficient (Wildman–Crippen LogP) is 1.76. The Morgan fingerprint density at radius 2 is 2.19 bits per heavy atom. The number of nitrogen functional groups attached to an aromatic ring is 1. The van der Waals surface area contributed by atoms with Crippen molar-refractivity contribution < 1.29 is 22.7 Å². The van der Waals surface area contributed by atoms with Gasteiger partial charge in [-0.15, -0.1) is 0 Å². The van der Waals surface area contributed by atoms with Crippen LogP contribution >= 0.6 is 0 Å². The van der Waals surface area contributed by atoms with E-state index in [-0.39, 0.29) is 17.2 Å². The lowest BCUT2D eigenvalue weighted by Crippen LogP contribution is -2.30. The number of nitrogens with one attached hydrogen (secondary N) is 2. The maximum Gasteiger partial charge on any atom is 0.416 e. The van der Waals surface area contributed by atoms with Crippen LogP contribution in [0.5, 0.6) is 0 Å². The van der Waals surface area contributed by atoms with Crippen LogP contribution in [0.25, 0.3) is 0 Å². The summed E-state index contributed by atoms with van der Waals surface area (Å²) in [6.45, 7) is 1.55. The van der Waals surface area contributed by atoms with Crippen LogP contribution < -0.4 is 16.6 Å². The van der Waals surface area contributed by atoms with Gasteiger partial charge in [-0.25, -0.2) is 0 Å². The molecular weight excluding hydrogens is 287 g/mol. The third kappa shape index (κ3) is 3.85. The summed E-state index contributed by atoms with van der Waals surface area (Å²) in [5, 5.41) is 2.61. The number of alkyl halides is 3. The molecule has 2 rings (SSSR count). The molecule has 0 spiro atoms. The van der Waals surface area contributed by atoms with E-state index in [1.807, 2.05) is 0 Å². The van der Waals surface area contributed by atoms with Crippen molar-refractivity contribution in [1.29, 1.82) is 0 Å². The highest BCUT2D eigenvalue weighted by molar-refractivity contribution is 5.99. The molecule has 1 aliphatic heterocycles. The molecule has 21 heavy (non-hydrogen) atoms. The van der Waals surface area contributed by atoms with Gasteiger partial charge in [0.2, 0.25) is 0 Å². The zero-order valence-electron chi connectivity index (χ0n) is 11.2. The SMILES string of the molecule is NNc1ccc(C(F)(F)F)cc1C(=O)NCC1CCOC1. The summed E-state index contributed by atoms with van der Waals surface area (Å²) in [5.74, 6) is 4.83. The molecule has 8 heteroatoms. The minimum Gasteiger partial charge on any atom is -0.381 e. The van der Waals surface area contributed by atoms with Crippen LogP contribution in [0.4, 0.5) is 18.9 Å². The van der Waals surface area contributed by atoms with Crippen LogP contribution in [0.3, 0.4) is 0 Å². The van der Waals surface area contributed by atoms with E-state index in [0.717, 1.165) is 24.6 Å². The third-order valence-corrected chi connectivity index (χ3v) is 3.32. The van der Waals surface area contributed by atoms with Crippen molar-refractivity contribution in [3.8, 4) is 0 Å². The third-order valence-electron chi connectivity index (χ3n) is 3.32. The van der Waals surface area contributed by atoms with Gasteiger partial charge in [0.05, 0.1) is 23.4 Å². The van der Waals surface area contributed by atoms with Gasteiger partial charge >= 0.3 is 6.18 Å². The Kier molecular flexibility index (Phi) is 4.69. The van der Waals surface area contributed by atoms with Crippen molar-refractivity contribution in [2.75, 3.05) is 25.2 Å². The standard InChI is InChI=1S/C13H16F3N3O2/c14-13(15,16)9-1-2-11(19-17)10(5-9)12(20)18-6-8-3-4-21-7-8/h1-2,5,8,19H,3-4,6-7,17H2,(H,18,20). The number of hydrogen-bond acceptors (Lipinski definition) is 4. The summed E-state index contributed by atoms with van der Waals surface area (Å²) in [6.07, 6.45) is -3.69. The largest absolute Gasteiger partial charge is 0.416 e. The number of carbonyl (C=O) groups is 1. The van der Waals surface area contributed by atoms with Crippen LogP contribution in [0, 0.1) is 5.92 Å². The van der Waals surface area contributed by atoms with Crippen LogP contribution in [0.1, 0.15) is 22.3 Å². The summed E-state index contributed by atoms with van der Waals surface area (Å²) in [7, 11) is 0. The second-order valence-corrected chi connectivity index (χ2v) is 4.84. The van der Waals surface area contributed by atoms with E-state index in [0.29, 0.717) is 19.8 Å². The Labute approximate surface area is 119 Å². The highest BCUT2D eigenvalue weighted by Crippen LogP contribution is 2.31. The van der Waals surface area contributed by atoms with E-state index in [4.69, 9.17) is 10.6 Å². The first-order valence-electron chi connectivity index (χ1n) is 6.45. The van der Waals surface area contributed by atoms with Gasteiger partial charge < -0.3 is 15.5 Å². The number of hydrogen-bond donors (Lipinski definition) is 3. The van der Waals surface area contributed by atoms with Crippen molar-refractivity contribution in [3.05, 3.63) is 29.3 Å². The fourth-order valence-electron chi connectivity index (χ4n) is 2.11. The number of halogens is 3. The van der Waals surface area contributed by atoms with Crippen molar-refractivity contribution in [2.45, 2.75) is 12.6 Å². The molecule has 1 aromatic carbocycles. The second-order valence-electron chi connectivity index (χ2n) is 4.84. The molecule has 1 saturated heterocycles. The summed E-state index contributed by atoms with van der Waals surface area (Å²) in [4.78, 5) is 12.0. The van der Waals surface area contributed by atoms with Gasteiger partial charge in [-0.1, -0.05) is 0 Å². The van der Waals surface area contributed by atoms with Crippen molar-refractivity contribution >= 4 is 11.6 Å². The van der Waals surface area contributed by atoms with Crippen LogP contribution in [-0.4, -0.2) is 25.7 Å². The molecule has 0 aliphatic carbocycles. The number of amides is 1. The van der Waals surface area contributed by atoms with E-state index in [1.54, 1.807) is 0 Å². The first-order chi connectivity index (χ1) is 9.91. The molecule has 0 saturated carbocycles. The maximum atomic E-state index is 12.7. The molecule has 116 valence electrons. The summed E-state index contributed by atoms with van der Waals surface area (Å²) < 4.78 is 43.3. The highest BCUT2D eigenvalue weighted by Gasteiger charge is 2.31. The molecule has 1 fully saturated rings. The molecule has 1 heterocycles. The summed E-state index contributed by atoms with van der Waals surface area (Å²) >= 11 is 0. The Morgan fingerprint density at radius 1 is 1.43 bits per heavy atom. The quantitative estimate of drug-likeness (QED) is 0.585. The Bertz CT molecular complexity index is 514. The Morgan fingerprint density at radius 3 is 2.76 bits per heavy atom. The number of rotatable bonds is 4. The minimum atomic E-state index is -4.51. The molecule has 4 N–H and O–H groups in total. The first-order valence-corrected chi connectivity index (χ1v) is 6.45. The van der Waals surface area contributed by atoms with Gasteiger partial charge in [0, 0.05) is 19.1 Å². The van der Waals surface area contributed by atoms with E-state index >= 15 is 0 Å². The lowest BCUT2D eigenvalue weighted by Gasteiger charge is -2.14. The van der Waals surface area contributed by atoms with Gasteiger partial charge in [-0.3, -0.25) is 10.6 Å². The van der Waals surface area contributed by atoms with E-state index in [2.05, 4.69) is 10.7 Å². The fraction of sp³-hybridized carbons (Fsp3) is 0.462. The lowest BCUT2D eigenvalue weighted by atomic mass is 10.1. The zero-order valence-corrected chi connectivity index (χ0v) is 11.2. The van der Waals surface area contributed by atoms with Crippen molar-refractivity contribution in [1.82, 2.24) is 5.32 Å². The number of carbonyl (C=O) groups excluding carboxylic acids is 1. The second kappa shape index (κ2) is 6.31. The first kappa shape index (κ1) is 15.6. The molecule has 1 atom stereocenters. The normalized spacial score (nSPS) is 18.6. The van der Waals surface area contributed by atoms with Gasteiger partial charge in [-0.05, 0) is 24.6 Å². The molecule has 1 aliphatic rings. The predicted molar refractivity (Wildman–Crippen MR) is 70.5 cm³/mol. The molecule has 1 aromatic rings. The summed E-state index contributed by atoms with van der Waals surface area (Å²) in [6, 6.07) is 2.79. The smallest absolute Gasteiger partial charge is 0.381 e. The molecule has 0 radical (unpaired) electrons. The summed E-state index contributed by atoms with van der Waals surface area (Å²) in [5.41, 5.74) is 1.35. The minimum absolute atomic E-state index is 0.133. The van der Waals surface area contributed by atoms with Crippen LogP contribution in [0.15, 0.2) is 18.2 Å². The molecule has 0 aromatic heterocycles. The molecule has 1 amide bonds. The monoisotopic (exact) mass is 303 g/mol. The lowest BCUT2D eigenvalue weighted by molar-refractivity contribution is -0.137. The fourth-order valence-corrected chi connectivity index (χ4v) is 2.11. The highest BCUT2D eigenvalue weighted by atomic mass is 19.4. The van der Waals surface area contributed by atoms with Crippen LogP contribution in [-0.2, 0) is 10.9 Å². The number of nitrogens with two attached hydrogens (primary N) is 1. The van der Waals surface area contributed by atoms with E-state index in [9.17, 15) is 18.0 Å². The van der Waals surface area contributed by atoms with Gasteiger partial charge in [0.1, 0.15) is 0 Å². The Hall–Kier alpha value is -1.80. The van der Waals surface area contributed by atoms with E-state index in [1.165, 1.54) is 0 Å². The van der Waals surface area contributed by atoms with E-state index < -0.39 is 17.6 Å².